The van der Waals surface area contributed by atoms with Crippen molar-refractivity contribution in [2.45, 2.75) is 51.6 Å². The fourth-order valence-corrected chi connectivity index (χ4v) is 1.05. The van der Waals surface area contributed by atoms with Crippen LogP contribution in [0.3, 0.4) is 0 Å². The second-order valence-corrected chi connectivity index (χ2v) is 2.98. The van der Waals surface area contributed by atoms with Gasteiger partial charge in [0.25, 0.3) is 0 Å². The molecular formula is C9H18FO. The summed E-state index contributed by atoms with van der Waals surface area (Å²) in [4.78, 5) is 0. The molecule has 0 N–H and O–H groups in total. The summed E-state index contributed by atoms with van der Waals surface area (Å²) in [6.07, 6.45) is 5.18. The van der Waals surface area contributed by atoms with Crippen LogP contribution in [0, 0.1) is 0 Å². The summed E-state index contributed by atoms with van der Waals surface area (Å²) >= 11 is 0. The Balaban J connectivity index is 2.89. The maximum absolute atomic E-state index is 11.6. The molecule has 1 radical (unpaired) electrons. The lowest BCUT2D eigenvalue weighted by Gasteiger charge is -2.02. The van der Waals surface area contributed by atoms with Crippen molar-refractivity contribution in [1.29, 1.82) is 0 Å². The monoisotopic (exact) mass is 161 g/mol. The van der Waals surface area contributed by atoms with Gasteiger partial charge >= 0.3 is 0 Å². The van der Waals surface area contributed by atoms with Crippen LogP contribution in [0.5, 0.6) is 0 Å². The van der Waals surface area contributed by atoms with E-state index in [1.165, 1.54) is 19.3 Å². The van der Waals surface area contributed by atoms with E-state index in [4.69, 9.17) is 0 Å². The molecule has 1 atom stereocenters. The number of hydrogen-bond donors (Lipinski definition) is 0. The zero-order chi connectivity index (χ0) is 8.53. The second kappa shape index (κ2) is 7.99. The van der Waals surface area contributed by atoms with Crippen LogP contribution in [-0.4, -0.2) is 12.8 Å². The molecular weight excluding hydrogens is 143 g/mol. The highest BCUT2D eigenvalue weighted by molar-refractivity contribution is 4.52. The highest BCUT2D eigenvalue weighted by atomic mass is 19.1. The molecule has 0 rings (SSSR count). The summed E-state index contributed by atoms with van der Waals surface area (Å²) < 4.78 is 11.6. The van der Waals surface area contributed by atoms with Crippen molar-refractivity contribution in [3.8, 4) is 0 Å². The van der Waals surface area contributed by atoms with Crippen LogP contribution >= 0.6 is 0 Å². The van der Waals surface area contributed by atoms with Gasteiger partial charge in [-0.1, -0.05) is 39.0 Å². The van der Waals surface area contributed by atoms with Crippen molar-refractivity contribution in [2.24, 2.45) is 0 Å². The Labute approximate surface area is 68.6 Å². The van der Waals surface area contributed by atoms with Crippen molar-refractivity contribution in [1.82, 2.24) is 0 Å². The first-order valence-corrected chi connectivity index (χ1v) is 4.53. The molecule has 0 aliphatic rings. The summed E-state index contributed by atoms with van der Waals surface area (Å²) in [6, 6.07) is 0. The van der Waals surface area contributed by atoms with Gasteiger partial charge in [0.05, 0.1) is 0 Å². The average molecular weight is 161 g/mol. The molecule has 67 valence electrons. The van der Waals surface area contributed by atoms with Crippen LogP contribution in [0.15, 0.2) is 0 Å². The largest absolute Gasteiger partial charge is 0.248 e. The van der Waals surface area contributed by atoms with E-state index in [2.05, 4.69) is 6.92 Å². The molecule has 0 aromatic rings. The van der Waals surface area contributed by atoms with Crippen LogP contribution in [0.25, 0.3) is 0 Å². The Bertz CT molecular complexity index is 76.0. The predicted molar refractivity (Wildman–Crippen MR) is 43.8 cm³/mol. The molecule has 0 fully saturated rings. The number of rotatable bonds is 7. The molecule has 1 unspecified atom stereocenters. The molecule has 0 aromatic heterocycles. The van der Waals surface area contributed by atoms with Gasteiger partial charge in [-0.2, -0.15) is 0 Å². The minimum atomic E-state index is -0.961. The Morgan fingerprint density at radius 3 is 2.36 bits per heavy atom. The Morgan fingerprint density at radius 2 is 1.82 bits per heavy atom. The smallest absolute Gasteiger partial charge is 0.121 e. The van der Waals surface area contributed by atoms with Gasteiger partial charge in [0, 0.05) is 0 Å². The third-order valence-electron chi connectivity index (χ3n) is 1.80. The first-order chi connectivity index (χ1) is 5.31. The van der Waals surface area contributed by atoms with Gasteiger partial charge in [-0.15, -0.1) is 0 Å². The summed E-state index contributed by atoms with van der Waals surface area (Å²) in [5.74, 6) is 0. The highest BCUT2D eigenvalue weighted by Crippen LogP contribution is 2.07. The molecule has 1 nitrogen and oxygen atoms in total. The molecule has 0 amide bonds. The van der Waals surface area contributed by atoms with E-state index in [1.807, 2.05) is 0 Å². The van der Waals surface area contributed by atoms with Crippen LogP contribution in [0.4, 0.5) is 4.39 Å². The molecule has 0 bridgehead atoms. The van der Waals surface area contributed by atoms with Gasteiger partial charge in [0.2, 0.25) is 0 Å². The predicted octanol–water partition coefficient (Wildman–Crippen LogP) is 3.12. The molecule has 11 heavy (non-hydrogen) atoms. The molecule has 0 heterocycles. The molecule has 0 aromatic carbocycles. The van der Waals surface area contributed by atoms with E-state index in [-0.39, 0.29) is 0 Å². The first-order valence-electron chi connectivity index (χ1n) is 4.53. The molecule has 0 saturated heterocycles. The fraction of sp³-hybridized carbons (Fsp3) is 1.00. The van der Waals surface area contributed by atoms with Crippen molar-refractivity contribution < 1.29 is 9.50 Å². The van der Waals surface area contributed by atoms with E-state index in [9.17, 15) is 9.50 Å². The number of halogens is 1. The van der Waals surface area contributed by atoms with Crippen molar-refractivity contribution in [3.63, 3.8) is 0 Å². The van der Waals surface area contributed by atoms with Gasteiger partial charge < -0.3 is 0 Å². The van der Waals surface area contributed by atoms with E-state index >= 15 is 0 Å². The average Bonchev–Trinajstić information content (AvgIpc) is 2.04. The quantitative estimate of drug-likeness (QED) is 0.511. The summed E-state index contributed by atoms with van der Waals surface area (Å²) in [7, 11) is 0. The third kappa shape index (κ3) is 7.79. The van der Waals surface area contributed by atoms with E-state index in [1.54, 1.807) is 0 Å². The van der Waals surface area contributed by atoms with Crippen LogP contribution in [-0.2, 0) is 5.11 Å². The molecule has 0 aliphatic heterocycles. The standard InChI is InChI=1S/C9H18FO/c1-2-3-4-5-6-7-9(11)8-10/h9H,2-8H2,1H3. The zero-order valence-corrected chi connectivity index (χ0v) is 7.31. The van der Waals surface area contributed by atoms with Gasteiger partial charge in [0.15, 0.2) is 0 Å². The van der Waals surface area contributed by atoms with Crippen molar-refractivity contribution in [3.05, 3.63) is 0 Å². The van der Waals surface area contributed by atoms with Crippen LogP contribution < -0.4 is 0 Å². The van der Waals surface area contributed by atoms with Crippen molar-refractivity contribution >= 4 is 0 Å². The number of unbranched alkanes of at least 4 members (excludes halogenated alkanes) is 4. The van der Waals surface area contributed by atoms with Crippen LogP contribution in [0.1, 0.15) is 45.4 Å². The van der Waals surface area contributed by atoms with Gasteiger partial charge in [0.1, 0.15) is 12.8 Å². The van der Waals surface area contributed by atoms with Gasteiger partial charge in [-0.05, 0) is 6.42 Å². The van der Waals surface area contributed by atoms with Crippen molar-refractivity contribution in [2.75, 3.05) is 6.67 Å². The summed E-state index contributed by atoms with van der Waals surface area (Å²) in [6.45, 7) is 1.45. The minimum absolute atomic E-state index is 0.514. The number of hydrogen-bond acceptors (Lipinski definition) is 0. The third-order valence-corrected chi connectivity index (χ3v) is 1.80. The van der Waals surface area contributed by atoms with Gasteiger partial charge in [-0.3, -0.25) is 0 Å². The Hall–Kier alpha value is -0.110. The summed E-state index contributed by atoms with van der Waals surface area (Å²) in [5, 5.41) is 10.6. The number of alkyl halides is 1. The lowest BCUT2D eigenvalue weighted by atomic mass is 10.1. The second-order valence-electron chi connectivity index (χ2n) is 2.98. The fourth-order valence-electron chi connectivity index (χ4n) is 1.05. The summed E-state index contributed by atoms with van der Waals surface area (Å²) in [5.41, 5.74) is 0. The molecule has 2 heteroatoms. The topological polar surface area (TPSA) is 19.9 Å². The highest BCUT2D eigenvalue weighted by Gasteiger charge is 2.03. The molecule has 0 spiro atoms. The Kier molecular flexibility index (Phi) is 7.91. The van der Waals surface area contributed by atoms with E-state index < -0.39 is 12.8 Å². The Morgan fingerprint density at radius 1 is 1.18 bits per heavy atom. The van der Waals surface area contributed by atoms with Crippen LogP contribution in [0.2, 0.25) is 0 Å². The molecule has 0 saturated carbocycles. The first kappa shape index (κ1) is 10.9. The lowest BCUT2D eigenvalue weighted by Crippen LogP contribution is -2.05. The lowest BCUT2D eigenvalue weighted by molar-refractivity contribution is 0.0561. The SMILES string of the molecule is CCCCCCCC([O])CF. The van der Waals surface area contributed by atoms with E-state index in [0.29, 0.717) is 6.42 Å². The van der Waals surface area contributed by atoms with E-state index in [0.717, 1.165) is 12.8 Å². The minimum Gasteiger partial charge on any atom is -0.248 e. The van der Waals surface area contributed by atoms with Gasteiger partial charge in [-0.25, -0.2) is 9.50 Å². The maximum Gasteiger partial charge on any atom is 0.121 e. The zero-order valence-electron chi connectivity index (χ0n) is 7.31. The maximum atomic E-state index is 11.6. The molecule has 0 aliphatic carbocycles. The normalized spacial score (nSPS) is 13.4.